The SMILES string of the molecule is O=C(NCC1NCCc2sccc21)c1cccc2[nH]ccc12. The van der Waals surface area contributed by atoms with E-state index in [1.54, 1.807) is 11.3 Å². The normalized spacial score (nSPS) is 17.4. The summed E-state index contributed by atoms with van der Waals surface area (Å²) in [6, 6.07) is 10.1. The molecular weight excluding hydrogens is 294 g/mol. The van der Waals surface area contributed by atoms with Crippen LogP contribution in [0.1, 0.15) is 26.8 Å². The minimum absolute atomic E-state index is 0.0191. The van der Waals surface area contributed by atoms with Crippen molar-refractivity contribution in [3.63, 3.8) is 0 Å². The molecule has 22 heavy (non-hydrogen) atoms. The lowest BCUT2D eigenvalue weighted by Crippen LogP contribution is -2.38. The van der Waals surface area contributed by atoms with Crippen molar-refractivity contribution >= 4 is 28.1 Å². The maximum absolute atomic E-state index is 12.5. The van der Waals surface area contributed by atoms with Crippen molar-refractivity contribution in [2.75, 3.05) is 13.1 Å². The van der Waals surface area contributed by atoms with Gasteiger partial charge in [-0.2, -0.15) is 0 Å². The third-order valence-corrected chi connectivity index (χ3v) is 5.20. The van der Waals surface area contributed by atoms with Gasteiger partial charge in [-0.1, -0.05) is 6.07 Å². The van der Waals surface area contributed by atoms with Crippen LogP contribution in [0.2, 0.25) is 0 Å². The maximum Gasteiger partial charge on any atom is 0.252 e. The maximum atomic E-state index is 12.5. The van der Waals surface area contributed by atoms with Gasteiger partial charge >= 0.3 is 0 Å². The number of aromatic nitrogens is 1. The van der Waals surface area contributed by atoms with Crippen LogP contribution in [0.3, 0.4) is 0 Å². The van der Waals surface area contributed by atoms with Crippen molar-refractivity contribution < 1.29 is 4.79 Å². The van der Waals surface area contributed by atoms with Gasteiger partial charge in [0.15, 0.2) is 0 Å². The molecule has 1 aromatic carbocycles. The third kappa shape index (κ3) is 2.32. The Hall–Kier alpha value is -2.11. The lowest BCUT2D eigenvalue weighted by Gasteiger charge is -2.24. The van der Waals surface area contributed by atoms with Crippen LogP contribution >= 0.6 is 11.3 Å². The number of fused-ring (bicyclic) bond motifs is 2. The first-order valence-electron chi connectivity index (χ1n) is 7.47. The van der Waals surface area contributed by atoms with E-state index in [1.165, 1.54) is 10.4 Å². The predicted molar refractivity (Wildman–Crippen MR) is 89.4 cm³/mol. The number of hydrogen-bond donors (Lipinski definition) is 3. The summed E-state index contributed by atoms with van der Waals surface area (Å²) in [6.45, 7) is 1.59. The summed E-state index contributed by atoms with van der Waals surface area (Å²) in [6.07, 6.45) is 2.95. The monoisotopic (exact) mass is 311 g/mol. The highest BCUT2D eigenvalue weighted by Crippen LogP contribution is 2.27. The second kappa shape index (κ2) is 5.59. The van der Waals surface area contributed by atoms with E-state index in [-0.39, 0.29) is 11.9 Å². The van der Waals surface area contributed by atoms with Crippen LogP contribution in [0.5, 0.6) is 0 Å². The smallest absolute Gasteiger partial charge is 0.252 e. The molecule has 0 spiro atoms. The fourth-order valence-corrected chi connectivity index (χ4v) is 4.03. The summed E-state index contributed by atoms with van der Waals surface area (Å²) >= 11 is 1.81. The van der Waals surface area contributed by atoms with Gasteiger partial charge in [-0.3, -0.25) is 4.79 Å². The average molecular weight is 311 g/mol. The molecule has 0 bridgehead atoms. The summed E-state index contributed by atoms with van der Waals surface area (Å²) in [5, 5.41) is 9.65. The second-order valence-electron chi connectivity index (χ2n) is 5.51. The zero-order valence-electron chi connectivity index (χ0n) is 12.1. The highest BCUT2D eigenvalue weighted by molar-refractivity contribution is 7.10. The first kappa shape index (κ1) is 13.5. The van der Waals surface area contributed by atoms with Crippen molar-refractivity contribution in [2.45, 2.75) is 12.5 Å². The highest BCUT2D eigenvalue weighted by atomic mass is 32.1. The molecule has 1 amide bonds. The average Bonchev–Trinajstić information content (AvgIpc) is 3.20. The van der Waals surface area contributed by atoms with Gasteiger partial charge < -0.3 is 15.6 Å². The number of carbonyl (C=O) groups is 1. The molecular formula is C17H17N3OS. The molecule has 112 valence electrons. The van der Waals surface area contributed by atoms with Gasteiger partial charge in [0.05, 0.1) is 6.04 Å². The minimum atomic E-state index is -0.0191. The molecule has 3 aromatic rings. The van der Waals surface area contributed by atoms with Gasteiger partial charge in [-0.05, 0) is 41.6 Å². The topological polar surface area (TPSA) is 56.9 Å². The Morgan fingerprint density at radius 3 is 3.23 bits per heavy atom. The Labute approximate surface area is 132 Å². The van der Waals surface area contributed by atoms with Gasteiger partial charge in [-0.15, -0.1) is 11.3 Å². The standard InChI is InChI=1S/C17H17N3OS/c21-17(12-2-1-3-14-11(12)4-7-18-14)20-10-15-13-6-9-22-16(13)5-8-19-15/h1-4,6-7,9,15,18-19H,5,8,10H2,(H,20,21). The van der Waals surface area contributed by atoms with E-state index >= 15 is 0 Å². The Balaban J connectivity index is 1.51. The van der Waals surface area contributed by atoms with Crippen LogP contribution < -0.4 is 10.6 Å². The van der Waals surface area contributed by atoms with Gasteiger partial charge in [-0.25, -0.2) is 0 Å². The number of aromatic amines is 1. The third-order valence-electron chi connectivity index (χ3n) is 4.20. The number of H-pyrrole nitrogens is 1. The Kier molecular flexibility index (Phi) is 3.44. The zero-order chi connectivity index (χ0) is 14.9. The van der Waals surface area contributed by atoms with Gasteiger partial charge in [0.2, 0.25) is 0 Å². The van der Waals surface area contributed by atoms with E-state index in [9.17, 15) is 4.79 Å². The molecule has 0 saturated carbocycles. The van der Waals surface area contributed by atoms with Gasteiger partial charge in [0.25, 0.3) is 5.91 Å². The lowest BCUT2D eigenvalue weighted by atomic mass is 10.0. The molecule has 1 aliphatic heterocycles. The van der Waals surface area contributed by atoms with Crippen LogP contribution in [0.4, 0.5) is 0 Å². The molecule has 3 heterocycles. The molecule has 3 N–H and O–H groups in total. The molecule has 4 nitrogen and oxygen atoms in total. The largest absolute Gasteiger partial charge is 0.361 e. The molecule has 1 aliphatic rings. The second-order valence-corrected chi connectivity index (χ2v) is 6.51. The zero-order valence-corrected chi connectivity index (χ0v) is 12.9. The van der Waals surface area contributed by atoms with Crippen molar-refractivity contribution in [3.05, 3.63) is 57.9 Å². The molecule has 0 radical (unpaired) electrons. The van der Waals surface area contributed by atoms with Gasteiger partial charge in [0, 0.05) is 40.6 Å². The Morgan fingerprint density at radius 1 is 1.32 bits per heavy atom. The number of rotatable bonds is 3. The van der Waals surface area contributed by atoms with E-state index in [0.717, 1.165) is 29.4 Å². The molecule has 5 heteroatoms. The summed E-state index contributed by atoms with van der Waals surface area (Å²) in [5.74, 6) is -0.0191. The first-order valence-corrected chi connectivity index (χ1v) is 8.35. The summed E-state index contributed by atoms with van der Waals surface area (Å²) in [4.78, 5) is 17.1. The number of thiophene rings is 1. The first-order chi connectivity index (χ1) is 10.8. The van der Waals surface area contributed by atoms with Crippen molar-refractivity contribution in [1.29, 1.82) is 0 Å². The summed E-state index contributed by atoms with van der Waals surface area (Å²) in [5.41, 5.74) is 3.04. The Morgan fingerprint density at radius 2 is 2.27 bits per heavy atom. The fraction of sp³-hybridized carbons (Fsp3) is 0.235. The van der Waals surface area contributed by atoms with Crippen molar-refractivity contribution in [3.8, 4) is 0 Å². The van der Waals surface area contributed by atoms with E-state index in [1.807, 2.05) is 30.5 Å². The van der Waals surface area contributed by atoms with Crippen LogP contribution in [0.25, 0.3) is 10.9 Å². The molecule has 1 unspecified atom stereocenters. The molecule has 0 aliphatic carbocycles. The van der Waals surface area contributed by atoms with E-state index in [2.05, 4.69) is 27.1 Å². The number of benzene rings is 1. The van der Waals surface area contributed by atoms with Crippen LogP contribution in [-0.4, -0.2) is 24.0 Å². The Bertz CT molecular complexity index is 820. The van der Waals surface area contributed by atoms with E-state index in [0.29, 0.717) is 6.54 Å². The molecule has 2 aromatic heterocycles. The summed E-state index contributed by atoms with van der Waals surface area (Å²) < 4.78 is 0. The lowest BCUT2D eigenvalue weighted by molar-refractivity contribution is 0.0951. The molecule has 0 saturated heterocycles. The van der Waals surface area contributed by atoms with Crippen LogP contribution in [0, 0.1) is 0 Å². The number of hydrogen-bond acceptors (Lipinski definition) is 3. The molecule has 4 rings (SSSR count). The number of amides is 1. The number of nitrogens with one attached hydrogen (secondary N) is 3. The molecule has 1 atom stereocenters. The highest BCUT2D eigenvalue weighted by Gasteiger charge is 2.21. The molecule has 0 fully saturated rings. The van der Waals surface area contributed by atoms with Gasteiger partial charge in [0.1, 0.15) is 0 Å². The van der Waals surface area contributed by atoms with E-state index < -0.39 is 0 Å². The minimum Gasteiger partial charge on any atom is -0.361 e. The fourth-order valence-electron chi connectivity index (χ4n) is 3.09. The summed E-state index contributed by atoms with van der Waals surface area (Å²) in [7, 11) is 0. The quantitative estimate of drug-likeness (QED) is 0.696. The number of carbonyl (C=O) groups excluding carboxylic acids is 1. The van der Waals surface area contributed by atoms with Crippen LogP contribution in [0.15, 0.2) is 41.9 Å². The van der Waals surface area contributed by atoms with Crippen molar-refractivity contribution in [2.24, 2.45) is 0 Å². The van der Waals surface area contributed by atoms with E-state index in [4.69, 9.17) is 0 Å². The predicted octanol–water partition coefficient (Wildman–Crippen LogP) is 2.85. The van der Waals surface area contributed by atoms with Crippen molar-refractivity contribution in [1.82, 2.24) is 15.6 Å². The van der Waals surface area contributed by atoms with Crippen LogP contribution in [-0.2, 0) is 6.42 Å².